The molecule has 0 aliphatic carbocycles. The number of nitrogens with two attached hydrogens (primary N) is 1. The minimum absolute atomic E-state index is 0.117. The summed E-state index contributed by atoms with van der Waals surface area (Å²) < 4.78 is 27.6. The van der Waals surface area contributed by atoms with Crippen LogP contribution in [-0.4, -0.2) is 19.7 Å². The van der Waals surface area contributed by atoms with E-state index < -0.39 is 11.6 Å². The monoisotopic (exact) mass is 273 g/mol. The summed E-state index contributed by atoms with van der Waals surface area (Å²) in [6, 6.07) is 7.73. The van der Waals surface area contributed by atoms with Gasteiger partial charge >= 0.3 is 0 Å². The van der Waals surface area contributed by atoms with Crippen LogP contribution in [0.1, 0.15) is 0 Å². The zero-order valence-electron chi connectivity index (χ0n) is 10.2. The first-order valence-electron chi connectivity index (χ1n) is 5.72. The standard InChI is InChI=1S/C13H9F2N5/c14-9-5-11(15)13(17-6-9)20-7-18-12(19-20)8-2-1-3-10(16)4-8/h1-7H,16H2. The Kier molecular flexibility index (Phi) is 2.86. The molecule has 5 nitrogen and oxygen atoms in total. The summed E-state index contributed by atoms with van der Waals surface area (Å²) in [4.78, 5) is 7.72. The molecular weight excluding hydrogens is 264 g/mol. The first-order valence-corrected chi connectivity index (χ1v) is 5.72. The summed E-state index contributed by atoms with van der Waals surface area (Å²) >= 11 is 0. The molecule has 100 valence electrons. The van der Waals surface area contributed by atoms with Crippen molar-refractivity contribution in [1.82, 2.24) is 19.7 Å². The maximum Gasteiger partial charge on any atom is 0.191 e. The summed E-state index contributed by atoms with van der Waals surface area (Å²) in [6.07, 6.45) is 2.22. The number of rotatable bonds is 2. The molecule has 0 aliphatic rings. The van der Waals surface area contributed by atoms with Crippen molar-refractivity contribution < 1.29 is 8.78 Å². The van der Waals surface area contributed by atoms with E-state index in [2.05, 4.69) is 15.1 Å². The van der Waals surface area contributed by atoms with Crippen molar-refractivity contribution in [1.29, 1.82) is 0 Å². The highest BCUT2D eigenvalue weighted by Gasteiger charge is 2.11. The van der Waals surface area contributed by atoms with Crippen LogP contribution in [0.25, 0.3) is 17.2 Å². The molecule has 2 aromatic heterocycles. The molecule has 0 saturated heterocycles. The lowest BCUT2D eigenvalue weighted by atomic mass is 10.2. The van der Waals surface area contributed by atoms with E-state index in [1.807, 2.05) is 0 Å². The Morgan fingerprint density at radius 2 is 1.95 bits per heavy atom. The second kappa shape index (κ2) is 4.69. The molecule has 20 heavy (non-hydrogen) atoms. The molecule has 2 heterocycles. The third-order valence-corrected chi connectivity index (χ3v) is 2.64. The Labute approximate surface area is 112 Å². The van der Waals surface area contributed by atoms with E-state index in [0.29, 0.717) is 17.1 Å². The van der Waals surface area contributed by atoms with Crippen molar-refractivity contribution in [3.05, 3.63) is 54.5 Å². The fourth-order valence-corrected chi connectivity index (χ4v) is 1.75. The summed E-state index contributed by atoms with van der Waals surface area (Å²) in [5.41, 5.74) is 6.95. The van der Waals surface area contributed by atoms with Crippen LogP contribution in [0, 0.1) is 11.6 Å². The molecule has 0 unspecified atom stereocenters. The number of hydrogen-bond acceptors (Lipinski definition) is 4. The lowest BCUT2D eigenvalue weighted by Gasteiger charge is -2.00. The average molecular weight is 273 g/mol. The Balaban J connectivity index is 2.02. The SMILES string of the molecule is Nc1cccc(-c2ncn(-c3ncc(F)cc3F)n2)c1. The van der Waals surface area contributed by atoms with Gasteiger partial charge in [0.25, 0.3) is 0 Å². The molecule has 0 spiro atoms. The average Bonchev–Trinajstić information content (AvgIpc) is 2.88. The van der Waals surface area contributed by atoms with Crippen molar-refractivity contribution in [3.63, 3.8) is 0 Å². The van der Waals surface area contributed by atoms with Crippen LogP contribution in [0.3, 0.4) is 0 Å². The van der Waals surface area contributed by atoms with E-state index >= 15 is 0 Å². The third-order valence-electron chi connectivity index (χ3n) is 2.64. The molecule has 3 rings (SSSR count). The molecule has 0 aliphatic heterocycles. The second-order valence-corrected chi connectivity index (χ2v) is 4.10. The summed E-state index contributed by atoms with van der Waals surface area (Å²) in [7, 11) is 0. The zero-order chi connectivity index (χ0) is 14.1. The van der Waals surface area contributed by atoms with Gasteiger partial charge in [-0.25, -0.2) is 18.7 Å². The Bertz CT molecular complexity index is 769. The van der Waals surface area contributed by atoms with Gasteiger partial charge in [0.15, 0.2) is 17.5 Å². The summed E-state index contributed by atoms with van der Waals surface area (Å²) in [6.45, 7) is 0. The van der Waals surface area contributed by atoms with Gasteiger partial charge in [-0.3, -0.25) is 0 Å². The van der Waals surface area contributed by atoms with E-state index in [9.17, 15) is 8.78 Å². The van der Waals surface area contributed by atoms with Crippen LogP contribution in [-0.2, 0) is 0 Å². The van der Waals surface area contributed by atoms with E-state index in [0.717, 1.165) is 16.9 Å². The normalized spacial score (nSPS) is 10.7. The van der Waals surface area contributed by atoms with Crippen LogP contribution in [0.15, 0.2) is 42.9 Å². The zero-order valence-corrected chi connectivity index (χ0v) is 10.2. The van der Waals surface area contributed by atoms with Gasteiger partial charge in [0.1, 0.15) is 12.1 Å². The molecule has 0 saturated carbocycles. The Hall–Kier alpha value is -2.83. The fraction of sp³-hybridized carbons (Fsp3) is 0. The number of aromatic nitrogens is 4. The van der Waals surface area contributed by atoms with E-state index in [1.165, 1.54) is 6.33 Å². The molecular formula is C13H9F2N5. The molecule has 0 amide bonds. The molecule has 3 aromatic rings. The highest BCUT2D eigenvalue weighted by atomic mass is 19.1. The van der Waals surface area contributed by atoms with Crippen LogP contribution in [0.5, 0.6) is 0 Å². The number of pyridine rings is 1. The molecule has 0 atom stereocenters. The van der Waals surface area contributed by atoms with Gasteiger partial charge < -0.3 is 5.73 Å². The number of halogens is 2. The van der Waals surface area contributed by atoms with E-state index in [-0.39, 0.29) is 5.82 Å². The minimum Gasteiger partial charge on any atom is -0.399 e. The number of nitrogens with zero attached hydrogens (tertiary/aromatic N) is 4. The predicted octanol–water partition coefficient (Wildman–Crippen LogP) is 2.19. The van der Waals surface area contributed by atoms with E-state index in [1.54, 1.807) is 24.3 Å². The maximum absolute atomic E-state index is 13.6. The fourth-order valence-electron chi connectivity index (χ4n) is 1.75. The van der Waals surface area contributed by atoms with Gasteiger partial charge in [0, 0.05) is 17.3 Å². The van der Waals surface area contributed by atoms with Gasteiger partial charge in [0.05, 0.1) is 6.20 Å². The summed E-state index contributed by atoms with van der Waals surface area (Å²) in [5.74, 6) is -1.30. The van der Waals surface area contributed by atoms with Crippen LogP contribution >= 0.6 is 0 Å². The second-order valence-electron chi connectivity index (χ2n) is 4.10. The first kappa shape index (κ1) is 12.2. The molecule has 0 fully saturated rings. The number of benzene rings is 1. The van der Waals surface area contributed by atoms with Crippen LogP contribution in [0.2, 0.25) is 0 Å². The van der Waals surface area contributed by atoms with Crippen molar-refractivity contribution >= 4 is 5.69 Å². The van der Waals surface area contributed by atoms with Gasteiger partial charge in [0.2, 0.25) is 0 Å². The van der Waals surface area contributed by atoms with Crippen molar-refractivity contribution in [2.75, 3.05) is 5.73 Å². The van der Waals surface area contributed by atoms with Gasteiger partial charge in [-0.1, -0.05) is 12.1 Å². The van der Waals surface area contributed by atoms with Gasteiger partial charge in [-0.15, -0.1) is 5.10 Å². The lowest BCUT2D eigenvalue weighted by molar-refractivity contribution is 0.560. The van der Waals surface area contributed by atoms with E-state index in [4.69, 9.17) is 5.73 Å². The van der Waals surface area contributed by atoms with Crippen molar-refractivity contribution in [2.24, 2.45) is 0 Å². The largest absolute Gasteiger partial charge is 0.399 e. The number of anilines is 1. The molecule has 0 bridgehead atoms. The van der Waals surface area contributed by atoms with Gasteiger partial charge in [-0.05, 0) is 12.1 Å². The number of hydrogen-bond donors (Lipinski definition) is 1. The van der Waals surface area contributed by atoms with Crippen LogP contribution < -0.4 is 5.73 Å². The molecule has 7 heteroatoms. The quantitative estimate of drug-likeness (QED) is 0.727. The minimum atomic E-state index is -0.811. The smallest absolute Gasteiger partial charge is 0.191 e. The summed E-state index contributed by atoms with van der Waals surface area (Å²) in [5, 5.41) is 4.11. The molecule has 1 aromatic carbocycles. The Morgan fingerprint density at radius 3 is 2.70 bits per heavy atom. The third kappa shape index (κ3) is 2.20. The van der Waals surface area contributed by atoms with Gasteiger partial charge in [-0.2, -0.15) is 4.68 Å². The predicted molar refractivity (Wildman–Crippen MR) is 68.9 cm³/mol. The maximum atomic E-state index is 13.6. The highest BCUT2D eigenvalue weighted by molar-refractivity contribution is 5.60. The first-order chi connectivity index (χ1) is 9.63. The van der Waals surface area contributed by atoms with Crippen molar-refractivity contribution in [3.8, 4) is 17.2 Å². The Morgan fingerprint density at radius 1 is 1.10 bits per heavy atom. The number of nitrogen functional groups attached to an aromatic ring is 1. The molecule has 2 N–H and O–H groups in total. The highest BCUT2D eigenvalue weighted by Crippen LogP contribution is 2.18. The molecule has 0 radical (unpaired) electrons. The van der Waals surface area contributed by atoms with Crippen LogP contribution in [0.4, 0.5) is 14.5 Å². The van der Waals surface area contributed by atoms with Crippen molar-refractivity contribution in [2.45, 2.75) is 0 Å². The topological polar surface area (TPSA) is 69.6 Å². The lowest BCUT2D eigenvalue weighted by Crippen LogP contribution is -2.02.